The Morgan fingerprint density at radius 2 is 2.32 bits per heavy atom. The zero-order valence-electron chi connectivity index (χ0n) is 13.2. The van der Waals surface area contributed by atoms with Crippen LogP contribution >= 0.6 is 11.3 Å². The maximum atomic E-state index is 11.2. The van der Waals surface area contributed by atoms with Crippen molar-refractivity contribution in [3.05, 3.63) is 28.9 Å². The lowest BCUT2D eigenvalue weighted by Gasteiger charge is -2.27. The summed E-state index contributed by atoms with van der Waals surface area (Å²) in [5.41, 5.74) is 0.548. The average molecular weight is 357 g/mol. The number of hydrogen-bond acceptors (Lipinski definition) is 7. The second-order valence-corrected chi connectivity index (χ2v) is 6.70. The number of rotatable bonds is 5. The lowest BCUT2D eigenvalue weighted by atomic mass is 9.87. The van der Waals surface area contributed by atoms with Crippen LogP contribution in [0.3, 0.4) is 0 Å². The minimum atomic E-state index is -0.820. The van der Waals surface area contributed by atoms with E-state index in [2.05, 4.69) is 9.97 Å². The Labute approximate surface area is 147 Å². The molecular weight excluding hydrogens is 342 g/mol. The Kier molecular flexibility index (Phi) is 5.05. The smallest absolute Gasteiger partial charge is 0.306 e. The summed E-state index contributed by atoms with van der Waals surface area (Å²) >= 11 is 1.32. The quantitative estimate of drug-likeness (QED) is 0.818. The third-order valence-electron chi connectivity index (χ3n) is 4.16. The van der Waals surface area contributed by atoms with Gasteiger partial charge in [-0.3, -0.25) is 9.59 Å². The molecule has 1 fully saturated rings. The summed E-state index contributed by atoms with van der Waals surface area (Å²) in [6.45, 7) is 0. The standard InChI is InChI=1S/C17H15N3O4S/c18-7-13-14(24-12-3-1-2-10(6-12)17(22)23)8-19-16(20-13)15-11(9-21)4-5-25-15/h4-5,8-10,12H,1-3,6H2,(H,22,23)/t10-,12-/m0/s1. The molecule has 2 heterocycles. The van der Waals surface area contributed by atoms with Gasteiger partial charge in [0.15, 0.2) is 23.6 Å². The third kappa shape index (κ3) is 3.67. The van der Waals surface area contributed by atoms with E-state index in [0.717, 1.165) is 19.1 Å². The van der Waals surface area contributed by atoms with Crippen LogP contribution in [0.25, 0.3) is 10.7 Å². The molecule has 128 valence electrons. The molecule has 1 saturated carbocycles. The van der Waals surface area contributed by atoms with Crippen LogP contribution in [0.5, 0.6) is 5.75 Å². The zero-order valence-corrected chi connectivity index (χ0v) is 14.0. The highest BCUT2D eigenvalue weighted by Gasteiger charge is 2.29. The van der Waals surface area contributed by atoms with Crippen molar-refractivity contribution in [3.8, 4) is 22.5 Å². The summed E-state index contributed by atoms with van der Waals surface area (Å²) < 4.78 is 5.81. The van der Waals surface area contributed by atoms with Gasteiger partial charge in [-0.15, -0.1) is 11.3 Å². The van der Waals surface area contributed by atoms with Crippen molar-refractivity contribution in [2.45, 2.75) is 31.8 Å². The molecule has 25 heavy (non-hydrogen) atoms. The van der Waals surface area contributed by atoms with Crippen molar-refractivity contribution >= 4 is 23.6 Å². The van der Waals surface area contributed by atoms with E-state index in [4.69, 9.17) is 9.84 Å². The first kappa shape index (κ1) is 17.0. The number of thiophene rings is 1. The van der Waals surface area contributed by atoms with Crippen LogP contribution in [0.4, 0.5) is 0 Å². The summed E-state index contributed by atoms with van der Waals surface area (Å²) in [4.78, 5) is 31.2. The number of aldehydes is 1. The van der Waals surface area contributed by atoms with Gasteiger partial charge in [0.25, 0.3) is 0 Å². The van der Waals surface area contributed by atoms with Gasteiger partial charge in [0.1, 0.15) is 6.07 Å². The highest BCUT2D eigenvalue weighted by atomic mass is 32.1. The summed E-state index contributed by atoms with van der Waals surface area (Å²) in [5, 5.41) is 20.3. The number of carbonyl (C=O) groups excluding carboxylic acids is 1. The van der Waals surface area contributed by atoms with Crippen LogP contribution in [0.15, 0.2) is 17.6 Å². The van der Waals surface area contributed by atoms with Gasteiger partial charge < -0.3 is 9.84 Å². The fourth-order valence-corrected chi connectivity index (χ4v) is 3.70. The highest BCUT2D eigenvalue weighted by molar-refractivity contribution is 7.13. The molecule has 2 aromatic rings. The lowest BCUT2D eigenvalue weighted by Crippen LogP contribution is -2.29. The van der Waals surface area contributed by atoms with Crippen LogP contribution < -0.4 is 4.74 Å². The van der Waals surface area contributed by atoms with E-state index in [1.165, 1.54) is 17.5 Å². The van der Waals surface area contributed by atoms with Gasteiger partial charge in [0, 0.05) is 5.56 Å². The average Bonchev–Trinajstić information content (AvgIpc) is 3.11. The number of nitriles is 1. The molecule has 0 spiro atoms. The van der Waals surface area contributed by atoms with E-state index in [1.54, 1.807) is 11.4 Å². The number of hydrogen-bond donors (Lipinski definition) is 1. The molecule has 8 heteroatoms. The normalized spacial score (nSPS) is 19.8. The van der Waals surface area contributed by atoms with E-state index < -0.39 is 11.9 Å². The van der Waals surface area contributed by atoms with Crippen LogP contribution in [-0.2, 0) is 4.79 Å². The number of carbonyl (C=O) groups is 2. The minimum Gasteiger partial charge on any atom is -0.486 e. The molecule has 0 unspecified atom stereocenters. The van der Waals surface area contributed by atoms with Crippen LogP contribution in [-0.4, -0.2) is 33.4 Å². The maximum Gasteiger partial charge on any atom is 0.306 e. The van der Waals surface area contributed by atoms with Crippen LogP contribution in [0.1, 0.15) is 41.7 Å². The maximum absolute atomic E-state index is 11.2. The van der Waals surface area contributed by atoms with Crippen molar-refractivity contribution in [1.29, 1.82) is 5.26 Å². The summed E-state index contributed by atoms with van der Waals surface area (Å²) in [6, 6.07) is 3.65. The Bertz CT molecular complexity index is 843. The fraction of sp³-hybridized carbons (Fsp3) is 0.353. The molecule has 7 nitrogen and oxygen atoms in total. The van der Waals surface area contributed by atoms with Crippen LogP contribution in [0.2, 0.25) is 0 Å². The van der Waals surface area contributed by atoms with Crippen molar-refractivity contribution in [2.75, 3.05) is 0 Å². The topological polar surface area (TPSA) is 113 Å². The number of ether oxygens (including phenoxy) is 1. The van der Waals surface area contributed by atoms with Gasteiger partial charge >= 0.3 is 5.97 Å². The largest absolute Gasteiger partial charge is 0.486 e. The molecule has 0 radical (unpaired) electrons. The van der Waals surface area contributed by atoms with E-state index in [1.807, 2.05) is 6.07 Å². The Morgan fingerprint density at radius 3 is 3.04 bits per heavy atom. The molecule has 1 aliphatic carbocycles. The molecule has 1 aliphatic rings. The molecule has 2 aromatic heterocycles. The summed E-state index contributed by atoms with van der Waals surface area (Å²) in [5.74, 6) is -0.704. The van der Waals surface area contributed by atoms with E-state index >= 15 is 0 Å². The van der Waals surface area contributed by atoms with E-state index in [9.17, 15) is 14.9 Å². The number of carboxylic acids is 1. The van der Waals surface area contributed by atoms with Gasteiger partial charge in [-0.05, 0) is 37.1 Å². The first-order chi connectivity index (χ1) is 12.1. The minimum absolute atomic E-state index is 0.0766. The zero-order chi connectivity index (χ0) is 17.8. The predicted molar refractivity (Wildman–Crippen MR) is 89.5 cm³/mol. The third-order valence-corrected chi connectivity index (χ3v) is 5.08. The van der Waals surface area contributed by atoms with Crippen molar-refractivity contribution in [2.24, 2.45) is 5.92 Å². The molecule has 0 saturated heterocycles. The Hall–Kier alpha value is -2.79. The summed E-state index contributed by atoms with van der Waals surface area (Å²) in [6.07, 6.45) is 4.41. The van der Waals surface area contributed by atoms with Gasteiger partial charge in [-0.2, -0.15) is 5.26 Å². The first-order valence-electron chi connectivity index (χ1n) is 7.82. The number of carboxylic acid groups (broad SMARTS) is 1. The van der Waals surface area contributed by atoms with Gasteiger partial charge in [-0.1, -0.05) is 0 Å². The summed E-state index contributed by atoms with van der Waals surface area (Å²) in [7, 11) is 0. The van der Waals surface area contributed by atoms with Crippen molar-refractivity contribution in [3.63, 3.8) is 0 Å². The van der Waals surface area contributed by atoms with Crippen molar-refractivity contribution < 1.29 is 19.4 Å². The molecule has 0 bridgehead atoms. The molecule has 2 atom stereocenters. The number of aliphatic carboxylic acids is 1. The Morgan fingerprint density at radius 1 is 1.48 bits per heavy atom. The van der Waals surface area contributed by atoms with E-state index in [0.29, 0.717) is 29.1 Å². The Balaban J connectivity index is 1.82. The monoisotopic (exact) mass is 357 g/mol. The lowest BCUT2D eigenvalue weighted by molar-refractivity contribution is -0.143. The molecule has 0 aliphatic heterocycles. The molecule has 3 rings (SSSR count). The molecule has 0 aromatic carbocycles. The fourth-order valence-electron chi connectivity index (χ4n) is 2.90. The van der Waals surface area contributed by atoms with Gasteiger partial charge in [-0.25, -0.2) is 9.97 Å². The van der Waals surface area contributed by atoms with E-state index in [-0.39, 0.29) is 17.5 Å². The second-order valence-electron chi connectivity index (χ2n) is 5.78. The van der Waals surface area contributed by atoms with Gasteiger partial charge in [0.2, 0.25) is 0 Å². The highest BCUT2D eigenvalue weighted by Crippen LogP contribution is 2.31. The van der Waals surface area contributed by atoms with Gasteiger partial charge in [0.05, 0.1) is 23.1 Å². The first-order valence-corrected chi connectivity index (χ1v) is 8.70. The second kappa shape index (κ2) is 7.40. The SMILES string of the molecule is N#Cc1nc(-c2sccc2C=O)ncc1O[C@H]1CCC[C@H](C(=O)O)C1. The number of nitrogens with zero attached hydrogens (tertiary/aromatic N) is 3. The molecular formula is C17H15N3O4S. The van der Waals surface area contributed by atoms with Crippen LogP contribution in [0, 0.1) is 17.2 Å². The number of aromatic nitrogens is 2. The molecule has 0 amide bonds. The predicted octanol–water partition coefficient (Wildman–Crippen LogP) is 2.91. The van der Waals surface area contributed by atoms with Crippen molar-refractivity contribution in [1.82, 2.24) is 9.97 Å². The molecule has 1 N–H and O–H groups in total.